The fraction of sp³-hybridized carbons (Fsp3) is 1.00. The molecule has 0 saturated carbocycles. The van der Waals surface area contributed by atoms with Gasteiger partial charge >= 0.3 is 0 Å². The van der Waals surface area contributed by atoms with Crippen LogP contribution in [0.5, 0.6) is 0 Å². The zero-order valence-corrected chi connectivity index (χ0v) is 7.90. The molecule has 12 heavy (non-hydrogen) atoms. The highest BCUT2D eigenvalue weighted by Gasteiger charge is 2.36. The van der Waals surface area contributed by atoms with Gasteiger partial charge in [0.2, 0.25) is 0 Å². The predicted octanol–water partition coefficient (Wildman–Crippen LogP) is 0.399. The van der Waals surface area contributed by atoms with Crippen LogP contribution in [0, 0.1) is 11.8 Å². The Balaban J connectivity index is 2.58. The van der Waals surface area contributed by atoms with Gasteiger partial charge in [-0.05, 0) is 5.92 Å². The third-order valence-corrected chi connectivity index (χ3v) is 2.60. The highest BCUT2D eigenvalue weighted by Crippen LogP contribution is 2.25. The van der Waals surface area contributed by atoms with Crippen molar-refractivity contribution in [2.75, 3.05) is 6.61 Å². The summed E-state index contributed by atoms with van der Waals surface area (Å²) in [6.07, 6.45) is -1.17. The Morgan fingerprint density at radius 1 is 1.33 bits per heavy atom. The van der Waals surface area contributed by atoms with Gasteiger partial charge in [-0.15, -0.1) is 0 Å². The van der Waals surface area contributed by atoms with Gasteiger partial charge in [0.25, 0.3) is 0 Å². The minimum atomic E-state index is -0.534. The van der Waals surface area contributed by atoms with Crippen LogP contribution in [0.1, 0.15) is 20.8 Å². The smallest absolute Gasteiger partial charge is 0.0861 e. The van der Waals surface area contributed by atoms with Crippen molar-refractivity contribution < 1.29 is 14.9 Å². The van der Waals surface area contributed by atoms with Crippen LogP contribution in [0.2, 0.25) is 0 Å². The zero-order chi connectivity index (χ0) is 9.30. The van der Waals surface area contributed by atoms with Crippen LogP contribution in [0.25, 0.3) is 0 Å². The lowest BCUT2D eigenvalue weighted by Gasteiger charge is -2.38. The van der Waals surface area contributed by atoms with E-state index < -0.39 is 12.2 Å². The lowest BCUT2D eigenvalue weighted by atomic mass is 9.87. The monoisotopic (exact) mass is 174 g/mol. The normalized spacial score (nSPS) is 43.5. The fourth-order valence-corrected chi connectivity index (χ4v) is 1.57. The molecule has 1 heterocycles. The summed E-state index contributed by atoms with van der Waals surface area (Å²) in [5.74, 6) is 0.223. The lowest BCUT2D eigenvalue weighted by molar-refractivity contribution is -0.167. The molecule has 1 aliphatic rings. The summed E-state index contributed by atoms with van der Waals surface area (Å²) in [5.41, 5.74) is 0. The molecule has 0 aromatic rings. The van der Waals surface area contributed by atoms with E-state index in [0.29, 0.717) is 12.5 Å². The van der Waals surface area contributed by atoms with E-state index in [1.54, 1.807) is 0 Å². The van der Waals surface area contributed by atoms with E-state index in [4.69, 9.17) is 4.74 Å². The molecule has 0 aromatic carbocycles. The Hall–Kier alpha value is -0.120. The first-order valence-electron chi connectivity index (χ1n) is 4.51. The Morgan fingerprint density at radius 3 is 2.42 bits per heavy atom. The van der Waals surface area contributed by atoms with Gasteiger partial charge in [-0.1, -0.05) is 20.8 Å². The first-order chi connectivity index (χ1) is 5.54. The van der Waals surface area contributed by atoms with Gasteiger partial charge in [-0.3, -0.25) is 0 Å². The first kappa shape index (κ1) is 9.96. The van der Waals surface area contributed by atoms with E-state index in [-0.39, 0.29) is 12.0 Å². The molecular formula is C9H18O3. The van der Waals surface area contributed by atoms with Crippen LogP contribution >= 0.6 is 0 Å². The van der Waals surface area contributed by atoms with E-state index in [0.717, 1.165) is 0 Å². The molecule has 0 amide bonds. The second kappa shape index (κ2) is 3.73. The lowest BCUT2D eigenvalue weighted by Crippen LogP contribution is -2.49. The molecule has 1 fully saturated rings. The number of hydrogen-bond acceptors (Lipinski definition) is 3. The molecule has 0 aromatic heterocycles. The van der Waals surface area contributed by atoms with E-state index >= 15 is 0 Å². The molecule has 0 bridgehead atoms. The molecule has 2 N–H and O–H groups in total. The second-order valence-corrected chi connectivity index (χ2v) is 3.96. The van der Waals surface area contributed by atoms with Crippen molar-refractivity contribution in [2.24, 2.45) is 11.8 Å². The summed E-state index contributed by atoms with van der Waals surface area (Å²) < 4.78 is 5.33. The van der Waals surface area contributed by atoms with Crippen molar-refractivity contribution >= 4 is 0 Å². The number of aliphatic hydroxyl groups excluding tert-OH is 2. The third kappa shape index (κ3) is 1.79. The van der Waals surface area contributed by atoms with E-state index in [9.17, 15) is 10.2 Å². The summed E-state index contributed by atoms with van der Waals surface area (Å²) in [6, 6.07) is 0. The average molecular weight is 174 g/mol. The van der Waals surface area contributed by atoms with E-state index in [1.165, 1.54) is 0 Å². The summed E-state index contributed by atoms with van der Waals surface area (Å²) in [5, 5.41) is 19.1. The Kier molecular flexibility index (Phi) is 3.09. The Bertz CT molecular complexity index is 147. The van der Waals surface area contributed by atoms with Gasteiger partial charge in [0.05, 0.1) is 24.9 Å². The Labute approximate surface area is 73.4 Å². The summed E-state index contributed by atoms with van der Waals surface area (Å²) >= 11 is 0. The molecule has 72 valence electrons. The number of aliphatic hydroxyl groups is 2. The number of ether oxygens (including phenoxy) is 1. The van der Waals surface area contributed by atoms with Gasteiger partial charge in [0.15, 0.2) is 0 Å². The first-order valence-corrected chi connectivity index (χ1v) is 4.51. The average Bonchev–Trinajstić information content (AvgIpc) is 2.00. The van der Waals surface area contributed by atoms with Crippen molar-refractivity contribution in [1.29, 1.82) is 0 Å². The van der Waals surface area contributed by atoms with Crippen molar-refractivity contribution in [3.05, 3.63) is 0 Å². The topological polar surface area (TPSA) is 49.7 Å². The van der Waals surface area contributed by atoms with Crippen molar-refractivity contribution in [1.82, 2.24) is 0 Å². The summed E-state index contributed by atoms with van der Waals surface area (Å²) in [6.45, 7) is 6.23. The van der Waals surface area contributed by atoms with E-state index in [2.05, 4.69) is 0 Å². The van der Waals surface area contributed by atoms with Gasteiger partial charge < -0.3 is 14.9 Å². The third-order valence-electron chi connectivity index (χ3n) is 2.60. The largest absolute Gasteiger partial charge is 0.390 e. The number of hydrogen-bond donors (Lipinski definition) is 2. The molecule has 1 saturated heterocycles. The molecule has 1 rings (SSSR count). The number of rotatable bonds is 1. The zero-order valence-electron chi connectivity index (χ0n) is 7.90. The molecule has 0 spiro atoms. The summed E-state index contributed by atoms with van der Waals surface area (Å²) in [7, 11) is 0. The van der Waals surface area contributed by atoms with Crippen LogP contribution in [-0.2, 0) is 4.74 Å². The quantitative estimate of drug-likeness (QED) is 0.605. The van der Waals surface area contributed by atoms with Crippen molar-refractivity contribution in [3.63, 3.8) is 0 Å². The molecule has 3 nitrogen and oxygen atoms in total. The summed E-state index contributed by atoms with van der Waals surface area (Å²) in [4.78, 5) is 0. The SMILES string of the molecule is CC(C)C1OC[C@@H](O)[C@H](C)[C@H]1O. The maximum atomic E-state index is 9.69. The van der Waals surface area contributed by atoms with Gasteiger partial charge in [0, 0.05) is 5.92 Å². The van der Waals surface area contributed by atoms with Crippen LogP contribution in [0.4, 0.5) is 0 Å². The Morgan fingerprint density at radius 2 is 1.92 bits per heavy atom. The minimum absolute atomic E-state index is 0.0776. The maximum Gasteiger partial charge on any atom is 0.0861 e. The van der Waals surface area contributed by atoms with Crippen molar-refractivity contribution in [3.8, 4) is 0 Å². The van der Waals surface area contributed by atoms with Crippen LogP contribution < -0.4 is 0 Å². The van der Waals surface area contributed by atoms with Crippen molar-refractivity contribution in [2.45, 2.75) is 39.1 Å². The highest BCUT2D eigenvalue weighted by atomic mass is 16.5. The van der Waals surface area contributed by atoms with Gasteiger partial charge in [-0.25, -0.2) is 0 Å². The second-order valence-electron chi connectivity index (χ2n) is 3.96. The molecule has 0 aliphatic carbocycles. The van der Waals surface area contributed by atoms with Crippen LogP contribution in [-0.4, -0.2) is 35.1 Å². The molecule has 4 atom stereocenters. The van der Waals surface area contributed by atoms with E-state index in [1.807, 2.05) is 20.8 Å². The molecular weight excluding hydrogens is 156 g/mol. The predicted molar refractivity (Wildman–Crippen MR) is 45.8 cm³/mol. The highest BCUT2D eigenvalue weighted by molar-refractivity contribution is 4.85. The molecule has 1 aliphatic heterocycles. The maximum absolute atomic E-state index is 9.69. The van der Waals surface area contributed by atoms with Gasteiger partial charge in [-0.2, -0.15) is 0 Å². The standard InChI is InChI=1S/C9H18O3/c1-5(2)9-8(11)6(3)7(10)4-12-9/h5-11H,4H2,1-3H3/t6-,7+,8+,9?/m0/s1. The van der Waals surface area contributed by atoms with Crippen LogP contribution in [0.15, 0.2) is 0 Å². The molecule has 3 heteroatoms. The molecule has 0 radical (unpaired) electrons. The molecule has 1 unspecified atom stereocenters. The van der Waals surface area contributed by atoms with Crippen LogP contribution in [0.3, 0.4) is 0 Å². The van der Waals surface area contributed by atoms with Gasteiger partial charge in [0.1, 0.15) is 0 Å². The fourth-order valence-electron chi connectivity index (χ4n) is 1.57. The minimum Gasteiger partial charge on any atom is -0.390 e.